The van der Waals surface area contributed by atoms with Gasteiger partial charge in [-0.3, -0.25) is 14.3 Å². The molecule has 1 aromatic rings. The summed E-state index contributed by atoms with van der Waals surface area (Å²) < 4.78 is 22.0. The summed E-state index contributed by atoms with van der Waals surface area (Å²) in [6.07, 6.45) is 0.0547. The molecule has 3 spiro atoms. The van der Waals surface area contributed by atoms with Crippen molar-refractivity contribution in [1.29, 1.82) is 0 Å². The van der Waals surface area contributed by atoms with E-state index in [2.05, 4.69) is 0 Å². The molecule has 1 aromatic carbocycles. The first kappa shape index (κ1) is 9.25. The lowest BCUT2D eigenvalue weighted by Crippen LogP contribution is -2.19. The van der Waals surface area contributed by atoms with Gasteiger partial charge in [-0.05, 0) is 5.56 Å². The monoisotopic (exact) mass is 256 g/mol. The average molecular weight is 256 g/mol. The summed E-state index contributed by atoms with van der Waals surface area (Å²) in [5, 5.41) is 0. The molecular formula is C14H8O5. The minimum absolute atomic E-state index is 0.0274. The second-order valence-electron chi connectivity index (χ2n) is 5.53. The number of Topliss-reactive ketones (excluding diaryl/α,β-unsaturated/α-hetero) is 1. The van der Waals surface area contributed by atoms with Gasteiger partial charge in [-0.2, -0.15) is 0 Å². The van der Waals surface area contributed by atoms with Crippen molar-refractivity contribution in [2.45, 2.75) is 29.9 Å². The Kier molecular flexibility index (Phi) is 1.09. The highest BCUT2D eigenvalue weighted by Gasteiger charge is 3.14. The molecular weight excluding hydrogens is 248 g/mol. The Balaban J connectivity index is 1.38. The van der Waals surface area contributed by atoms with Crippen molar-refractivity contribution in [2.24, 2.45) is 0 Å². The van der Waals surface area contributed by atoms with Crippen LogP contribution in [-0.4, -0.2) is 29.2 Å². The highest BCUT2D eigenvalue weighted by Crippen LogP contribution is 2.89. The third-order valence-corrected chi connectivity index (χ3v) is 4.49. The predicted octanol–water partition coefficient (Wildman–Crippen LogP) is 0.644. The number of hydrogen-bond acceptors (Lipinski definition) is 5. The van der Waals surface area contributed by atoms with Crippen molar-refractivity contribution in [3.8, 4) is 0 Å². The molecule has 4 atom stereocenters. The van der Waals surface area contributed by atoms with Crippen LogP contribution in [0.2, 0.25) is 0 Å². The van der Waals surface area contributed by atoms with Crippen molar-refractivity contribution in [2.75, 3.05) is 0 Å². The van der Waals surface area contributed by atoms with E-state index in [-0.39, 0.29) is 11.9 Å². The van der Waals surface area contributed by atoms with E-state index in [0.29, 0.717) is 17.8 Å². The van der Waals surface area contributed by atoms with Crippen LogP contribution >= 0.6 is 0 Å². The Hall–Kier alpha value is -1.69. The molecule has 1 aliphatic carbocycles. The lowest BCUT2D eigenvalue weighted by molar-refractivity contribution is -0.115. The van der Waals surface area contributed by atoms with Gasteiger partial charge in [0.25, 0.3) is 5.79 Å². The number of rotatable bonds is 3. The summed E-state index contributed by atoms with van der Waals surface area (Å²) >= 11 is 0. The predicted molar refractivity (Wildman–Crippen MR) is 58.5 cm³/mol. The van der Waals surface area contributed by atoms with Crippen LogP contribution in [0.3, 0.4) is 0 Å². The van der Waals surface area contributed by atoms with Crippen LogP contribution in [-0.2, 0) is 30.2 Å². The van der Waals surface area contributed by atoms with Crippen LogP contribution < -0.4 is 0 Å². The molecule has 0 radical (unpaired) electrons. The van der Waals surface area contributed by atoms with Gasteiger partial charge in [0.05, 0.1) is 5.57 Å². The second kappa shape index (κ2) is 2.24. The Labute approximate surface area is 107 Å². The zero-order chi connectivity index (χ0) is 12.5. The van der Waals surface area contributed by atoms with Crippen LogP contribution in [0.15, 0.2) is 41.7 Å². The smallest absolute Gasteiger partial charge is 0.334 e. The Bertz CT molecular complexity index is 710. The fourth-order valence-electron chi connectivity index (χ4n) is 3.37. The van der Waals surface area contributed by atoms with Gasteiger partial charge < -0.3 is 9.47 Å². The minimum atomic E-state index is -0.762. The van der Waals surface area contributed by atoms with E-state index in [9.17, 15) is 4.79 Å². The van der Waals surface area contributed by atoms with Gasteiger partial charge in [0.1, 0.15) is 0 Å². The van der Waals surface area contributed by atoms with Crippen molar-refractivity contribution in [3.05, 3.63) is 47.2 Å². The Morgan fingerprint density at radius 1 is 1.21 bits per heavy atom. The summed E-state index contributed by atoms with van der Waals surface area (Å²) in [5.74, 6) is -1.50. The topological polar surface area (TPSA) is 67.2 Å². The second-order valence-corrected chi connectivity index (χ2v) is 5.53. The van der Waals surface area contributed by atoms with E-state index in [0.717, 1.165) is 5.56 Å². The Morgan fingerprint density at radius 2 is 2.05 bits per heavy atom. The van der Waals surface area contributed by atoms with Crippen LogP contribution in [0.25, 0.3) is 0 Å². The van der Waals surface area contributed by atoms with E-state index >= 15 is 0 Å². The highest BCUT2D eigenvalue weighted by atomic mass is 17.1. The molecule has 0 aromatic heterocycles. The van der Waals surface area contributed by atoms with E-state index in [1.54, 1.807) is 0 Å². The zero-order valence-electron chi connectivity index (χ0n) is 9.71. The van der Waals surface area contributed by atoms with E-state index in [1.807, 2.05) is 30.3 Å². The maximum Gasteiger partial charge on any atom is 0.334 e. The molecule has 19 heavy (non-hydrogen) atoms. The fourth-order valence-corrected chi connectivity index (χ4v) is 3.37. The number of ketones is 1. The van der Waals surface area contributed by atoms with Crippen molar-refractivity contribution in [1.82, 2.24) is 0 Å². The molecule has 0 bridgehead atoms. The standard InChI is InChI=1S/C14H8O5/c15-8(6-7-4-2-1-3-5-7)9-10-12(16-10)14(18-12)13(19-14)11(9)17-13/h1-5,10H,6H2. The summed E-state index contributed by atoms with van der Waals surface area (Å²) in [4.78, 5) is 12.4. The van der Waals surface area contributed by atoms with Gasteiger partial charge in [0.2, 0.25) is 0 Å². The quantitative estimate of drug-likeness (QED) is 0.742. The van der Waals surface area contributed by atoms with Crippen LogP contribution in [0, 0.1) is 0 Å². The molecule has 4 saturated heterocycles. The third kappa shape index (κ3) is 0.760. The summed E-state index contributed by atoms with van der Waals surface area (Å²) in [6, 6.07) is 9.64. The van der Waals surface area contributed by atoms with Crippen LogP contribution in [0.1, 0.15) is 5.56 Å². The van der Waals surface area contributed by atoms with Gasteiger partial charge in [-0.15, -0.1) is 0 Å². The molecule has 4 aliphatic heterocycles. The maximum atomic E-state index is 12.4. The SMILES string of the molecule is O=C(Cc1ccccc1)C1=C2OC23OC32OC23OC13. The van der Waals surface area contributed by atoms with E-state index in [4.69, 9.17) is 18.9 Å². The molecule has 6 rings (SSSR count). The summed E-state index contributed by atoms with van der Waals surface area (Å²) in [5.41, 5.74) is 1.59. The Morgan fingerprint density at radius 3 is 2.89 bits per heavy atom. The van der Waals surface area contributed by atoms with Gasteiger partial charge in [-0.25, -0.2) is 0 Å². The first-order valence-corrected chi connectivity index (χ1v) is 6.31. The number of carbonyl (C=O) groups excluding carboxylic acids is 1. The van der Waals surface area contributed by atoms with Crippen molar-refractivity contribution >= 4 is 5.78 Å². The number of hydrogen-bond donors (Lipinski definition) is 0. The minimum Gasteiger partial charge on any atom is -0.447 e. The van der Waals surface area contributed by atoms with Crippen molar-refractivity contribution in [3.63, 3.8) is 0 Å². The average Bonchev–Trinajstić information content (AvgIpc) is 3.26. The lowest BCUT2D eigenvalue weighted by Gasteiger charge is -2.02. The third-order valence-electron chi connectivity index (χ3n) is 4.49. The van der Waals surface area contributed by atoms with Crippen LogP contribution in [0.4, 0.5) is 0 Å². The number of carbonyl (C=O) groups is 1. The summed E-state index contributed by atoms with van der Waals surface area (Å²) in [6.45, 7) is 0. The van der Waals surface area contributed by atoms with E-state index < -0.39 is 17.4 Å². The molecule has 4 unspecified atom stereocenters. The van der Waals surface area contributed by atoms with E-state index in [1.165, 1.54) is 0 Å². The molecule has 94 valence electrons. The molecule has 0 saturated carbocycles. The lowest BCUT2D eigenvalue weighted by atomic mass is 9.93. The maximum absolute atomic E-state index is 12.4. The first-order valence-electron chi connectivity index (χ1n) is 6.31. The van der Waals surface area contributed by atoms with Gasteiger partial charge in [-0.1, -0.05) is 30.3 Å². The summed E-state index contributed by atoms with van der Waals surface area (Å²) in [7, 11) is 0. The van der Waals surface area contributed by atoms with Crippen LogP contribution in [0.5, 0.6) is 0 Å². The highest BCUT2D eigenvalue weighted by molar-refractivity contribution is 6.01. The molecule has 5 nitrogen and oxygen atoms in total. The molecule has 4 fully saturated rings. The number of ether oxygens (including phenoxy) is 4. The first-order chi connectivity index (χ1) is 9.23. The van der Waals surface area contributed by atoms with Gasteiger partial charge in [0.15, 0.2) is 17.6 Å². The molecule has 0 N–H and O–H groups in total. The normalized spacial score (nSPS) is 49.2. The van der Waals surface area contributed by atoms with Gasteiger partial charge in [0, 0.05) is 6.42 Å². The molecule has 5 heteroatoms. The number of epoxide rings is 4. The molecule has 5 aliphatic rings. The number of benzene rings is 1. The zero-order valence-corrected chi connectivity index (χ0v) is 9.71. The molecule has 0 amide bonds. The van der Waals surface area contributed by atoms with Crippen molar-refractivity contribution < 1.29 is 23.7 Å². The van der Waals surface area contributed by atoms with Gasteiger partial charge >= 0.3 is 11.6 Å². The largest absolute Gasteiger partial charge is 0.447 e. The molecule has 4 heterocycles. The fraction of sp³-hybridized carbons (Fsp3) is 0.357.